The summed E-state index contributed by atoms with van der Waals surface area (Å²) in [6, 6.07) is 8.47. The zero-order valence-corrected chi connectivity index (χ0v) is 18.5. The largest absolute Gasteiger partial charge is 0.493 e. The summed E-state index contributed by atoms with van der Waals surface area (Å²) < 4.78 is 22.0. The molecule has 152 valence electrons. The first-order chi connectivity index (χ1) is 13.9. The first-order valence-corrected chi connectivity index (χ1v) is 10.8. The molecule has 0 amide bonds. The molecule has 3 rings (SSSR count). The second-order valence-electron chi connectivity index (χ2n) is 5.72. The van der Waals surface area contributed by atoms with Crippen molar-refractivity contribution in [2.75, 3.05) is 28.4 Å². The van der Waals surface area contributed by atoms with Crippen LogP contribution in [-0.2, 0) is 0 Å². The van der Waals surface area contributed by atoms with Crippen molar-refractivity contribution in [2.45, 2.75) is 0 Å². The molecule has 2 aromatic carbocycles. The van der Waals surface area contributed by atoms with E-state index in [4.69, 9.17) is 31.2 Å². The molecule has 1 heterocycles. The maximum atomic E-state index is 11.4. The molecule has 0 radical (unpaired) electrons. The van der Waals surface area contributed by atoms with E-state index in [0.29, 0.717) is 26.6 Å². The molecule has 0 saturated carbocycles. The maximum absolute atomic E-state index is 11.4. The van der Waals surface area contributed by atoms with Gasteiger partial charge >= 0.3 is 5.69 Å². The highest BCUT2D eigenvalue weighted by Gasteiger charge is 2.22. The first-order valence-electron chi connectivity index (χ1n) is 8.21. The number of hydrogen-bond acceptors (Lipinski definition) is 9. The monoisotopic (exact) mass is 451 g/mol. The van der Waals surface area contributed by atoms with Crippen molar-refractivity contribution < 1.29 is 23.9 Å². The minimum Gasteiger partial charge on any atom is -0.493 e. The Morgan fingerprint density at radius 1 is 0.862 bits per heavy atom. The summed E-state index contributed by atoms with van der Waals surface area (Å²) in [7, 11) is 8.94. The number of ether oxygens (including phenoxy) is 4. The van der Waals surface area contributed by atoms with E-state index in [9.17, 15) is 10.1 Å². The van der Waals surface area contributed by atoms with Crippen molar-refractivity contribution >= 4 is 38.6 Å². The third-order valence-corrected chi connectivity index (χ3v) is 7.29. The van der Waals surface area contributed by atoms with E-state index in [1.807, 2.05) is 12.1 Å². The smallest absolute Gasteiger partial charge is 0.311 e. The molecule has 0 fully saturated rings. The van der Waals surface area contributed by atoms with Crippen molar-refractivity contribution in [2.24, 2.45) is 0 Å². The van der Waals surface area contributed by atoms with Crippen LogP contribution in [-0.4, -0.2) is 33.4 Å². The van der Waals surface area contributed by atoms with Crippen LogP contribution in [0.1, 0.15) is 0 Å². The van der Waals surface area contributed by atoms with Gasteiger partial charge in [-0.3, -0.25) is 10.1 Å². The molecule has 0 aliphatic heterocycles. The molecule has 10 heteroatoms. The van der Waals surface area contributed by atoms with E-state index >= 15 is 0 Å². The fourth-order valence-electron chi connectivity index (χ4n) is 2.90. The number of nitro groups is 1. The van der Waals surface area contributed by atoms with Gasteiger partial charge in [-0.15, -0.1) is 0 Å². The first kappa shape index (κ1) is 21.0. The highest BCUT2D eigenvalue weighted by atomic mass is 32.9. The van der Waals surface area contributed by atoms with Gasteiger partial charge in [0, 0.05) is 17.2 Å². The van der Waals surface area contributed by atoms with Crippen LogP contribution in [0.15, 0.2) is 30.3 Å². The van der Waals surface area contributed by atoms with Crippen LogP contribution in [0.25, 0.3) is 21.6 Å². The van der Waals surface area contributed by atoms with Gasteiger partial charge in [-0.05, 0) is 23.8 Å². The van der Waals surface area contributed by atoms with E-state index in [2.05, 4.69) is 0 Å². The predicted molar refractivity (Wildman–Crippen MR) is 117 cm³/mol. The van der Waals surface area contributed by atoms with Gasteiger partial charge in [0.1, 0.15) is 3.82 Å². The number of hydrogen-bond donors (Lipinski definition) is 0. The van der Waals surface area contributed by atoms with E-state index in [0.717, 1.165) is 16.0 Å². The van der Waals surface area contributed by atoms with Crippen LogP contribution < -0.4 is 18.9 Å². The fraction of sp³-hybridized carbons (Fsp3) is 0.211. The highest BCUT2D eigenvalue weighted by molar-refractivity contribution is 7.80. The van der Waals surface area contributed by atoms with E-state index in [1.54, 1.807) is 26.4 Å². The Balaban J connectivity index is 2.24. The molecule has 7 nitrogen and oxygen atoms in total. The van der Waals surface area contributed by atoms with Crippen LogP contribution in [0.2, 0.25) is 0 Å². The molecule has 29 heavy (non-hydrogen) atoms. The predicted octanol–water partition coefficient (Wildman–Crippen LogP) is 5.82. The summed E-state index contributed by atoms with van der Waals surface area (Å²) in [6.45, 7) is 0. The zero-order valence-electron chi connectivity index (χ0n) is 16.0. The summed E-state index contributed by atoms with van der Waals surface area (Å²) in [4.78, 5) is 11.8. The molecule has 0 unspecified atom stereocenters. The average Bonchev–Trinajstić information content (AvgIpc) is 3.13. The lowest BCUT2D eigenvalue weighted by Crippen LogP contribution is -1.96. The van der Waals surface area contributed by atoms with Crippen molar-refractivity contribution in [3.8, 4) is 44.6 Å². The second-order valence-corrected chi connectivity index (χ2v) is 8.53. The Bertz CT molecular complexity index is 1100. The number of benzene rings is 2. The Kier molecular flexibility index (Phi) is 6.36. The van der Waals surface area contributed by atoms with Gasteiger partial charge in [-0.25, -0.2) is 0 Å². The minimum absolute atomic E-state index is 0.119. The second kappa shape index (κ2) is 8.76. The molecule has 0 bridgehead atoms. The van der Waals surface area contributed by atoms with E-state index < -0.39 is 4.92 Å². The molecule has 0 saturated heterocycles. The average molecular weight is 452 g/mol. The van der Waals surface area contributed by atoms with E-state index in [-0.39, 0.29) is 11.4 Å². The van der Waals surface area contributed by atoms with Gasteiger partial charge < -0.3 is 18.9 Å². The number of nitro benzene ring substituents is 1. The van der Waals surface area contributed by atoms with Gasteiger partial charge in [-0.2, -0.15) is 0 Å². The lowest BCUT2D eigenvalue weighted by atomic mass is 10.0. The molecule has 0 N–H and O–H groups in total. The lowest BCUT2D eigenvalue weighted by Gasteiger charge is -2.14. The number of methoxy groups -OCH3 is 4. The molecular formula is C19H17NO6S3. The third-order valence-electron chi connectivity index (χ3n) is 4.22. The standard InChI is InChI=1S/C19H17NO6S3/c1-23-13-6-5-10(7-12(13)20(21)22)16-18(28-29-19(16)27)11-8-14(24-2)17(26-4)15(9-11)25-3/h5-9H,1-4H3. The molecular weight excluding hydrogens is 434 g/mol. The molecule has 0 aliphatic rings. The number of nitrogens with zero attached hydrogens (tertiary/aromatic N) is 1. The van der Waals surface area contributed by atoms with E-state index in [1.165, 1.54) is 41.0 Å². The normalized spacial score (nSPS) is 10.5. The SMILES string of the molecule is COc1ccc(-c2c(-c3cc(OC)c(OC)c(OC)c3)ssc2=S)cc1[N+](=O)[O-]. The van der Waals surface area contributed by atoms with Crippen molar-refractivity contribution in [3.63, 3.8) is 0 Å². The van der Waals surface area contributed by atoms with Crippen LogP contribution in [0.4, 0.5) is 5.69 Å². The van der Waals surface area contributed by atoms with Crippen LogP contribution >= 0.6 is 32.9 Å². The Morgan fingerprint density at radius 3 is 2.00 bits per heavy atom. The maximum Gasteiger partial charge on any atom is 0.311 e. The summed E-state index contributed by atoms with van der Waals surface area (Å²) >= 11 is 5.54. The van der Waals surface area contributed by atoms with Gasteiger partial charge in [0.15, 0.2) is 17.2 Å². The molecule has 0 spiro atoms. The number of rotatable bonds is 7. The topological polar surface area (TPSA) is 80.1 Å². The molecule has 0 aliphatic carbocycles. The summed E-state index contributed by atoms with van der Waals surface area (Å²) in [6.07, 6.45) is 0. The van der Waals surface area contributed by atoms with Crippen LogP contribution in [0, 0.1) is 13.9 Å². The zero-order chi connectivity index (χ0) is 21.1. The quantitative estimate of drug-likeness (QED) is 0.194. The van der Waals surface area contributed by atoms with Gasteiger partial charge in [0.2, 0.25) is 5.75 Å². The van der Waals surface area contributed by atoms with Crippen molar-refractivity contribution in [1.29, 1.82) is 0 Å². The van der Waals surface area contributed by atoms with Crippen molar-refractivity contribution in [3.05, 3.63) is 44.3 Å². The summed E-state index contributed by atoms with van der Waals surface area (Å²) in [5.74, 6) is 1.70. The molecule has 3 aromatic rings. The highest BCUT2D eigenvalue weighted by Crippen LogP contribution is 2.47. The lowest BCUT2D eigenvalue weighted by molar-refractivity contribution is -0.385. The van der Waals surface area contributed by atoms with Gasteiger partial charge in [0.25, 0.3) is 0 Å². The Morgan fingerprint density at radius 2 is 1.48 bits per heavy atom. The Labute approximate surface area is 179 Å². The summed E-state index contributed by atoms with van der Waals surface area (Å²) in [5, 5.41) is 11.4. The third kappa shape index (κ3) is 3.91. The summed E-state index contributed by atoms with van der Waals surface area (Å²) in [5.41, 5.74) is 2.08. The van der Waals surface area contributed by atoms with Gasteiger partial charge in [0.05, 0.1) is 38.2 Å². The van der Waals surface area contributed by atoms with Gasteiger partial charge in [-0.1, -0.05) is 39.0 Å². The van der Waals surface area contributed by atoms with Crippen molar-refractivity contribution in [1.82, 2.24) is 0 Å². The molecule has 0 atom stereocenters. The Hall–Kier alpha value is -2.69. The fourth-order valence-corrected chi connectivity index (χ4v) is 5.80. The van der Waals surface area contributed by atoms with Crippen LogP contribution in [0.5, 0.6) is 23.0 Å². The van der Waals surface area contributed by atoms with Crippen LogP contribution in [0.3, 0.4) is 0 Å². The molecule has 1 aromatic heterocycles. The minimum atomic E-state index is -0.472.